The van der Waals surface area contributed by atoms with E-state index in [9.17, 15) is 9.59 Å². The Hall–Kier alpha value is -3.02. The third-order valence-corrected chi connectivity index (χ3v) is 5.19. The molecule has 3 heterocycles. The second kappa shape index (κ2) is 7.31. The van der Waals surface area contributed by atoms with Crippen LogP contribution in [-0.2, 0) is 0 Å². The highest BCUT2D eigenvalue weighted by molar-refractivity contribution is 5.93. The summed E-state index contributed by atoms with van der Waals surface area (Å²) in [5.74, 6) is 0.825. The van der Waals surface area contributed by atoms with Crippen LogP contribution in [0.4, 0.5) is 10.5 Å². The topological polar surface area (TPSA) is 78.3 Å². The molecular weight excluding hydrogens is 342 g/mol. The Balaban J connectivity index is 1.60. The maximum atomic E-state index is 13.0. The fraction of sp³-hybridized carbons (Fsp3) is 0.333. The van der Waals surface area contributed by atoms with Crippen LogP contribution in [0.25, 0.3) is 10.9 Å². The molecule has 6 nitrogen and oxygen atoms in total. The van der Waals surface area contributed by atoms with Crippen LogP contribution in [-0.4, -0.2) is 22.5 Å². The van der Waals surface area contributed by atoms with Gasteiger partial charge in [-0.1, -0.05) is 18.9 Å². The van der Waals surface area contributed by atoms with Gasteiger partial charge < -0.3 is 19.6 Å². The first-order valence-electron chi connectivity index (χ1n) is 9.36. The monoisotopic (exact) mass is 365 g/mol. The van der Waals surface area contributed by atoms with E-state index in [0.717, 1.165) is 47.9 Å². The number of nitrogens with one attached hydrogen (secondary N) is 2. The minimum absolute atomic E-state index is 0.0509. The number of aromatic amines is 1. The predicted molar refractivity (Wildman–Crippen MR) is 105 cm³/mol. The number of hydrogen-bond acceptors (Lipinski definition) is 3. The number of hydrogen-bond donors (Lipinski definition) is 2. The quantitative estimate of drug-likeness (QED) is 0.698. The van der Waals surface area contributed by atoms with Crippen LogP contribution in [0.1, 0.15) is 43.0 Å². The van der Waals surface area contributed by atoms with E-state index in [4.69, 9.17) is 4.42 Å². The van der Waals surface area contributed by atoms with Crippen LogP contribution in [0.2, 0.25) is 0 Å². The van der Waals surface area contributed by atoms with Gasteiger partial charge in [-0.05, 0) is 49.6 Å². The van der Waals surface area contributed by atoms with Crippen LogP contribution in [0.3, 0.4) is 0 Å². The standard InChI is InChI=1S/C21H23N3O3/c1-14-12-20(25)23-17-13-15(8-9-16(14)17)22-21(26)24-10-4-2-3-6-18(24)19-7-5-11-27-19/h5,7-9,11-13,18H,2-4,6,10H2,1H3,(H,22,26)(H,23,25)/t18-/m1/s1. The number of amides is 2. The zero-order valence-electron chi connectivity index (χ0n) is 15.3. The van der Waals surface area contributed by atoms with Crippen molar-refractivity contribution in [1.82, 2.24) is 9.88 Å². The van der Waals surface area contributed by atoms with Gasteiger partial charge in [-0.3, -0.25) is 4.79 Å². The predicted octanol–water partition coefficient (Wildman–Crippen LogP) is 4.58. The van der Waals surface area contributed by atoms with Crippen molar-refractivity contribution >= 4 is 22.6 Å². The number of H-pyrrole nitrogens is 1. The molecule has 2 N–H and O–H groups in total. The van der Waals surface area contributed by atoms with Crippen molar-refractivity contribution in [2.45, 2.75) is 38.6 Å². The second-order valence-corrected chi connectivity index (χ2v) is 7.08. The third-order valence-electron chi connectivity index (χ3n) is 5.19. The summed E-state index contributed by atoms with van der Waals surface area (Å²) in [6.07, 6.45) is 5.71. The first-order valence-corrected chi connectivity index (χ1v) is 9.36. The van der Waals surface area contributed by atoms with Crippen molar-refractivity contribution in [2.75, 3.05) is 11.9 Å². The summed E-state index contributed by atoms with van der Waals surface area (Å²) in [5, 5.41) is 3.95. The normalized spacial score (nSPS) is 17.7. The van der Waals surface area contributed by atoms with Crippen molar-refractivity contribution < 1.29 is 9.21 Å². The van der Waals surface area contributed by atoms with Crippen molar-refractivity contribution in [3.05, 3.63) is 64.3 Å². The number of anilines is 1. The second-order valence-electron chi connectivity index (χ2n) is 7.08. The SMILES string of the molecule is Cc1cc(=O)[nH]c2cc(NC(=O)N3CCCCC[C@@H]3c3ccco3)ccc12. The Kier molecular flexibility index (Phi) is 4.71. The van der Waals surface area contributed by atoms with E-state index in [2.05, 4.69) is 10.3 Å². The van der Waals surface area contributed by atoms with E-state index < -0.39 is 0 Å². The number of urea groups is 1. The number of carbonyl (C=O) groups is 1. The van der Waals surface area contributed by atoms with Crippen LogP contribution < -0.4 is 10.9 Å². The maximum Gasteiger partial charge on any atom is 0.322 e. The lowest BCUT2D eigenvalue weighted by atomic mass is 10.1. The maximum absolute atomic E-state index is 13.0. The van der Waals surface area contributed by atoms with E-state index in [1.165, 1.54) is 0 Å². The number of carbonyl (C=O) groups excluding carboxylic acids is 1. The minimum Gasteiger partial charge on any atom is -0.467 e. The van der Waals surface area contributed by atoms with Crippen LogP contribution in [0.15, 0.2) is 51.9 Å². The van der Waals surface area contributed by atoms with E-state index in [1.54, 1.807) is 18.4 Å². The number of nitrogens with zero attached hydrogens (tertiary/aromatic N) is 1. The summed E-state index contributed by atoms with van der Waals surface area (Å²) in [7, 11) is 0. The molecule has 6 heteroatoms. The summed E-state index contributed by atoms with van der Waals surface area (Å²) in [6, 6.07) is 10.8. The number of rotatable bonds is 2. The van der Waals surface area contributed by atoms with Gasteiger partial charge >= 0.3 is 6.03 Å². The highest BCUT2D eigenvalue weighted by Crippen LogP contribution is 2.31. The number of aryl methyl sites for hydroxylation is 1. The molecular formula is C21H23N3O3. The Morgan fingerprint density at radius 1 is 1.22 bits per heavy atom. The lowest BCUT2D eigenvalue weighted by molar-refractivity contribution is 0.179. The summed E-state index contributed by atoms with van der Waals surface area (Å²) < 4.78 is 5.58. The molecule has 0 aliphatic carbocycles. The molecule has 0 saturated carbocycles. The molecule has 2 amide bonds. The van der Waals surface area contributed by atoms with Crippen LogP contribution in [0.5, 0.6) is 0 Å². The lowest BCUT2D eigenvalue weighted by Crippen LogP contribution is -2.37. The van der Waals surface area contributed by atoms with Crippen molar-refractivity contribution in [1.29, 1.82) is 0 Å². The number of benzene rings is 1. The molecule has 4 rings (SSSR count). The molecule has 140 valence electrons. The highest BCUT2D eigenvalue weighted by Gasteiger charge is 2.28. The number of furan rings is 1. The Morgan fingerprint density at radius 2 is 2.11 bits per heavy atom. The van der Waals surface area contributed by atoms with Crippen LogP contribution in [0, 0.1) is 6.92 Å². The Labute approximate surface area is 157 Å². The molecule has 0 radical (unpaired) electrons. The molecule has 1 aliphatic heterocycles. The van der Waals surface area contributed by atoms with Gasteiger partial charge in [0.25, 0.3) is 0 Å². The van der Waals surface area contributed by atoms with Gasteiger partial charge in [0.2, 0.25) is 5.56 Å². The van der Waals surface area contributed by atoms with Gasteiger partial charge in [0.15, 0.2) is 0 Å². The molecule has 1 aromatic carbocycles. The smallest absolute Gasteiger partial charge is 0.322 e. The molecule has 1 aliphatic rings. The number of pyridine rings is 1. The molecule has 0 spiro atoms. The molecule has 1 saturated heterocycles. The highest BCUT2D eigenvalue weighted by atomic mass is 16.3. The average molecular weight is 365 g/mol. The summed E-state index contributed by atoms with van der Waals surface area (Å²) in [5.41, 5.74) is 2.15. The average Bonchev–Trinajstić information content (AvgIpc) is 3.05. The van der Waals surface area contributed by atoms with Crippen molar-refractivity contribution in [3.8, 4) is 0 Å². The van der Waals surface area contributed by atoms with Gasteiger partial charge in [0.05, 0.1) is 17.8 Å². The van der Waals surface area contributed by atoms with Gasteiger partial charge in [-0.25, -0.2) is 4.79 Å². The molecule has 1 atom stereocenters. The van der Waals surface area contributed by atoms with E-state index in [0.29, 0.717) is 12.2 Å². The largest absolute Gasteiger partial charge is 0.467 e. The van der Waals surface area contributed by atoms with E-state index in [1.807, 2.05) is 36.1 Å². The number of likely N-dealkylation sites (tertiary alicyclic amines) is 1. The Bertz CT molecular complexity index is 1010. The summed E-state index contributed by atoms with van der Waals surface area (Å²) >= 11 is 0. The van der Waals surface area contributed by atoms with Gasteiger partial charge in [0.1, 0.15) is 5.76 Å². The van der Waals surface area contributed by atoms with E-state index in [-0.39, 0.29) is 17.6 Å². The van der Waals surface area contributed by atoms with Gasteiger partial charge in [-0.2, -0.15) is 0 Å². The lowest BCUT2D eigenvalue weighted by Gasteiger charge is -2.28. The number of fused-ring (bicyclic) bond motifs is 1. The molecule has 27 heavy (non-hydrogen) atoms. The molecule has 3 aromatic rings. The van der Waals surface area contributed by atoms with Crippen LogP contribution >= 0.6 is 0 Å². The summed E-state index contributed by atoms with van der Waals surface area (Å²) in [4.78, 5) is 29.4. The molecule has 0 unspecified atom stereocenters. The fourth-order valence-corrected chi connectivity index (χ4v) is 3.84. The Morgan fingerprint density at radius 3 is 2.93 bits per heavy atom. The number of aromatic nitrogens is 1. The zero-order chi connectivity index (χ0) is 18.8. The fourth-order valence-electron chi connectivity index (χ4n) is 3.84. The molecule has 1 fully saturated rings. The third kappa shape index (κ3) is 3.60. The zero-order valence-corrected chi connectivity index (χ0v) is 15.3. The molecule has 0 bridgehead atoms. The van der Waals surface area contributed by atoms with E-state index >= 15 is 0 Å². The first kappa shape index (κ1) is 17.4. The van der Waals surface area contributed by atoms with Gasteiger partial charge in [0, 0.05) is 23.7 Å². The van der Waals surface area contributed by atoms with Crippen molar-refractivity contribution in [2.24, 2.45) is 0 Å². The summed E-state index contributed by atoms with van der Waals surface area (Å²) in [6.45, 7) is 2.60. The first-order chi connectivity index (χ1) is 13.1. The van der Waals surface area contributed by atoms with Gasteiger partial charge in [-0.15, -0.1) is 0 Å². The minimum atomic E-state index is -0.146. The molecule has 2 aromatic heterocycles. The van der Waals surface area contributed by atoms with Crippen molar-refractivity contribution in [3.63, 3.8) is 0 Å².